The van der Waals surface area contributed by atoms with Crippen LogP contribution in [0.4, 0.5) is 5.69 Å². The molecule has 0 saturated carbocycles. The van der Waals surface area contributed by atoms with Gasteiger partial charge in [0.15, 0.2) is 15.6 Å². The maximum absolute atomic E-state index is 12.6. The van der Waals surface area contributed by atoms with Crippen LogP contribution in [0.5, 0.6) is 11.5 Å². The van der Waals surface area contributed by atoms with Gasteiger partial charge >= 0.3 is 0 Å². The Morgan fingerprint density at radius 1 is 0.946 bits per heavy atom. The summed E-state index contributed by atoms with van der Waals surface area (Å²) in [5, 5.41) is 12.6. The zero-order valence-electron chi connectivity index (χ0n) is 20.9. The molecule has 3 aromatic carbocycles. The lowest BCUT2D eigenvalue weighted by molar-refractivity contribution is 0.0992. The zero-order chi connectivity index (χ0) is 26.6. The van der Waals surface area contributed by atoms with Crippen LogP contribution >= 0.6 is 0 Å². The van der Waals surface area contributed by atoms with Gasteiger partial charge in [-0.2, -0.15) is 0 Å². The van der Waals surface area contributed by atoms with Crippen LogP contribution in [-0.4, -0.2) is 25.2 Å². The van der Waals surface area contributed by atoms with Crippen molar-refractivity contribution in [1.82, 2.24) is 0 Å². The molecule has 0 unspecified atom stereocenters. The summed E-state index contributed by atoms with van der Waals surface area (Å²) < 4.78 is 35.7. The molecule has 0 bridgehead atoms. The lowest BCUT2D eigenvalue weighted by Crippen LogP contribution is -2.18. The molecule has 0 atom stereocenters. The van der Waals surface area contributed by atoms with Crippen molar-refractivity contribution in [3.8, 4) is 11.5 Å². The van der Waals surface area contributed by atoms with E-state index in [0.717, 1.165) is 5.56 Å². The van der Waals surface area contributed by atoms with E-state index in [9.17, 15) is 18.3 Å². The maximum atomic E-state index is 12.6. The van der Waals surface area contributed by atoms with E-state index in [1.807, 2.05) is 42.5 Å². The summed E-state index contributed by atoms with van der Waals surface area (Å²) in [6.07, 6.45) is 0. The summed E-state index contributed by atoms with van der Waals surface area (Å²) in [6.45, 7) is 5.98. The number of carbonyl (C=O) groups excluding carboxylic acids is 1. The molecule has 0 aliphatic rings. The van der Waals surface area contributed by atoms with Gasteiger partial charge in [-0.3, -0.25) is 4.79 Å². The molecule has 0 saturated heterocycles. The fourth-order valence-electron chi connectivity index (χ4n) is 3.88. The highest BCUT2D eigenvalue weighted by Crippen LogP contribution is 2.32. The van der Waals surface area contributed by atoms with Crippen LogP contribution in [0.3, 0.4) is 0 Å². The van der Waals surface area contributed by atoms with Gasteiger partial charge in [-0.05, 0) is 53.6 Å². The van der Waals surface area contributed by atoms with Gasteiger partial charge in [-0.1, -0.05) is 63.2 Å². The molecule has 7 nitrogen and oxygen atoms in total. The monoisotopic (exact) mass is 519 g/mol. The van der Waals surface area contributed by atoms with Crippen molar-refractivity contribution >= 4 is 21.4 Å². The van der Waals surface area contributed by atoms with Crippen molar-refractivity contribution in [2.75, 3.05) is 11.1 Å². The fraction of sp³-hybridized carbons (Fsp3) is 0.207. The standard InChI is InChI=1S/C29H29NO6S/c1-4-37(33,34)24-15-16-26(31)25(18-24)30-28(32)27-17-14-23(36-27)19-35-22-12-10-21(11-13-22)29(2,3)20-8-6-5-7-9-20/h5-18,31H,4,19H2,1-3H3,(H,30,32). The SMILES string of the molecule is CCS(=O)(=O)c1ccc(O)c(NC(=O)c2ccc(COc3ccc(C(C)(C)c4ccccc4)cc3)o2)c1. The largest absolute Gasteiger partial charge is 0.506 e. The summed E-state index contributed by atoms with van der Waals surface area (Å²) in [5.74, 6) is 0.124. The van der Waals surface area contributed by atoms with Crippen LogP contribution in [-0.2, 0) is 21.9 Å². The highest BCUT2D eigenvalue weighted by Gasteiger charge is 2.23. The number of ether oxygens (including phenoxy) is 1. The molecule has 1 amide bonds. The predicted molar refractivity (Wildman–Crippen MR) is 142 cm³/mol. The topological polar surface area (TPSA) is 106 Å². The maximum Gasteiger partial charge on any atom is 0.291 e. The molecule has 37 heavy (non-hydrogen) atoms. The third kappa shape index (κ3) is 5.86. The van der Waals surface area contributed by atoms with E-state index in [2.05, 4.69) is 31.3 Å². The third-order valence-corrected chi connectivity index (χ3v) is 8.03. The third-order valence-electron chi connectivity index (χ3n) is 6.29. The summed E-state index contributed by atoms with van der Waals surface area (Å²) in [5.41, 5.74) is 2.20. The van der Waals surface area contributed by atoms with E-state index in [4.69, 9.17) is 9.15 Å². The zero-order valence-corrected chi connectivity index (χ0v) is 21.7. The molecular formula is C29H29NO6S. The summed E-state index contributed by atoms with van der Waals surface area (Å²) in [4.78, 5) is 12.6. The number of hydrogen-bond acceptors (Lipinski definition) is 6. The Labute approximate surface area is 216 Å². The summed E-state index contributed by atoms with van der Waals surface area (Å²) in [7, 11) is -3.50. The number of furan rings is 1. The Morgan fingerprint density at radius 2 is 1.62 bits per heavy atom. The number of nitrogens with one attached hydrogen (secondary N) is 1. The van der Waals surface area contributed by atoms with Crippen molar-refractivity contribution in [2.45, 2.75) is 37.7 Å². The second kappa shape index (κ2) is 10.5. The fourth-order valence-corrected chi connectivity index (χ4v) is 4.79. The number of hydrogen-bond donors (Lipinski definition) is 2. The number of benzene rings is 3. The minimum Gasteiger partial charge on any atom is -0.506 e. The summed E-state index contributed by atoms with van der Waals surface area (Å²) in [6, 6.07) is 25.0. The van der Waals surface area contributed by atoms with Crippen molar-refractivity contribution in [3.05, 3.63) is 108 Å². The first-order valence-corrected chi connectivity index (χ1v) is 13.5. The van der Waals surface area contributed by atoms with Crippen molar-refractivity contribution in [1.29, 1.82) is 0 Å². The van der Waals surface area contributed by atoms with Crippen LogP contribution in [0.15, 0.2) is 94.2 Å². The van der Waals surface area contributed by atoms with Gasteiger partial charge in [0.1, 0.15) is 23.9 Å². The number of amides is 1. The van der Waals surface area contributed by atoms with Crippen LogP contribution in [0.1, 0.15) is 48.2 Å². The van der Waals surface area contributed by atoms with Crippen molar-refractivity contribution in [3.63, 3.8) is 0 Å². The van der Waals surface area contributed by atoms with Crippen LogP contribution in [0.25, 0.3) is 0 Å². The van der Waals surface area contributed by atoms with E-state index in [1.165, 1.54) is 36.8 Å². The first-order valence-electron chi connectivity index (χ1n) is 11.8. The smallest absolute Gasteiger partial charge is 0.291 e. The van der Waals surface area contributed by atoms with Gasteiger partial charge in [0, 0.05) is 5.41 Å². The molecule has 1 heterocycles. The normalized spacial score (nSPS) is 11.8. The van der Waals surface area contributed by atoms with Crippen LogP contribution in [0, 0.1) is 0 Å². The van der Waals surface area contributed by atoms with Crippen molar-refractivity contribution < 1.29 is 27.5 Å². The first-order chi connectivity index (χ1) is 17.6. The molecule has 0 spiro atoms. The molecule has 0 aliphatic carbocycles. The van der Waals surface area contributed by atoms with Crippen molar-refractivity contribution in [2.24, 2.45) is 0 Å². The molecule has 4 aromatic rings. The lowest BCUT2D eigenvalue weighted by atomic mass is 9.78. The van der Waals surface area contributed by atoms with E-state index in [1.54, 1.807) is 6.07 Å². The van der Waals surface area contributed by atoms with Crippen LogP contribution < -0.4 is 10.1 Å². The van der Waals surface area contributed by atoms with E-state index in [-0.39, 0.29) is 39.9 Å². The molecule has 8 heteroatoms. The predicted octanol–water partition coefficient (Wildman–Crippen LogP) is 5.94. The molecule has 0 aliphatic heterocycles. The number of anilines is 1. The number of phenols is 1. The second-order valence-corrected chi connectivity index (χ2v) is 11.4. The number of phenolic OH excluding ortho intramolecular Hbond substituents is 1. The second-order valence-electron chi connectivity index (χ2n) is 9.11. The lowest BCUT2D eigenvalue weighted by Gasteiger charge is -2.26. The number of rotatable bonds is 9. The minimum atomic E-state index is -3.50. The Bertz CT molecular complexity index is 1490. The number of carbonyl (C=O) groups is 1. The average Bonchev–Trinajstić information content (AvgIpc) is 3.39. The van der Waals surface area contributed by atoms with Gasteiger partial charge in [-0.25, -0.2) is 8.42 Å². The highest BCUT2D eigenvalue weighted by molar-refractivity contribution is 7.91. The Hall–Kier alpha value is -4.04. The van der Waals surface area contributed by atoms with Gasteiger partial charge in [-0.15, -0.1) is 0 Å². The molecule has 2 N–H and O–H groups in total. The molecular weight excluding hydrogens is 490 g/mol. The highest BCUT2D eigenvalue weighted by atomic mass is 32.2. The van der Waals surface area contributed by atoms with Crippen LogP contribution in [0.2, 0.25) is 0 Å². The number of sulfone groups is 1. The quantitative estimate of drug-likeness (QED) is 0.265. The summed E-state index contributed by atoms with van der Waals surface area (Å²) >= 11 is 0. The van der Waals surface area contributed by atoms with Gasteiger partial charge in [0.2, 0.25) is 0 Å². The average molecular weight is 520 g/mol. The Morgan fingerprint density at radius 3 is 2.30 bits per heavy atom. The Balaban J connectivity index is 1.39. The molecule has 1 aromatic heterocycles. The molecule has 0 fully saturated rings. The van der Waals surface area contributed by atoms with Gasteiger partial charge in [0.25, 0.3) is 5.91 Å². The van der Waals surface area contributed by atoms with E-state index in [0.29, 0.717) is 11.5 Å². The molecule has 192 valence electrons. The van der Waals surface area contributed by atoms with E-state index < -0.39 is 15.7 Å². The minimum absolute atomic E-state index is 0.00158. The molecule has 4 rings (SSSR count). The number of aromatic hydroxyl groups is 1. The molecule has 0 radical (unpaired) electrons. The Kier molecular flexibility index (Phi) is 7.40. The van der Waals surface area contributed by atoms with Gasteiger partial charge in [0.05, 0.1) is 16.3 Å². The van der Waals surface area contributed by atoms with E-state index >= 15 is 0 Å². The first kappa shape index (κ1) is 26.0. The van der Waals surface area contributed by atoms with Gasteiger partial charge < -0.3 is 19.6 Å².